The van der Waals surface area contributed by atoms with Gasteiger partial charge in [0.05, 0.1) is 6.04 Å². The highest BCUT2D eigenvalue weighted by Gasteiger charge is 2.32. The molecule has 3 amide bonds. The van der Waals surface area contributed by atoms with E-state index in [1.165, 1.54) is 0 Å². The predicted octanol–water partition coefficient (Wildman–Crippen LogP) is -1.10. The third kappa shape index (κ3) is 1.11. The quantitative estimate of drug-likeness (QED) is 0.523. The first kappa shape index (κ1) is 7.39. The molecule has 0 aromatic carbocycles. The molecule has 0 saturated carbocycles. The third-order valence-corrected chi connectivity index (χ3v) is 2.29. The van der Waals surface area contributed by atoms with Gasteiger partial charge in [-0.3, -0.25) is 4.79 Å². The van der Waals surface area contributed by atoms with Gasteiger partial charge in [0, 0.05) is 26.1 Å². The van der Waals surface area contributed by atoms with Crippen LogP contribution in [0.5, 0.6) is 0 Å². The van der Waals surface area contributed by atoms with Gasteiger partial charge < -0.3 is 15.5 Å². The second-order valence-corrected chi connectivity index (χ2v) is 3.09. The van der Waals surface area contributed by atoms with E-state index in [-0.39, 0.29) is 18.0 Å². The standard InChI is InChI=1S/C7H11N3O2/c11-6-3-5(4-9-6)10-2-1-8-7(10)12/h5H,1-4H2,(H,8,12)(H,9,11). The number of hydrogen-bond acceptors (Lipinski definition) is 2. The summed E-state index contributed by atoms with van der Waals surface area (Å²) >= 11 is 0. The van der Waals surface area contributed by atoms with Crippen LogP contribution in [0.3, 0.4) is 0 Å². The average Bonchev–Trinajstić information content (AvgIpc) is 2.58. The molecule has 0 aliphatic carbocycles. The molecule has 0 aromatic rings. The SMILES string of the molecule is O=C1CC(N2CCNC2=O)CN1. The number of nitrogens with one attached hydrogen (secondary N) is 2. The normalized spacial score (nSPS) is 29.0. The van der Waals surface area contributed by atoms with Crippen molar-refractivity contribution >= 4 is 11.9 Å². The highest BCUT2D eigenvalue weighted by molar-refractivity contribution is 5.82. The summed E-state index contributed by atoms with van der Waals surface area (Å²) in [5.41, 5.74) is 0. The Morgan fingerprint density at radius 1 is 1.33 bits per heavy atom. The first-order chi connectivity index (χ1) is 5.77. The molecule has 2 heterocycles. The zero-order valence-corrected chi connectivity index (χ0v) is 6.67. The van der Waals surface area contributed by atoms with E-state index in [9.17, 15) is 9.59 Å². The molecule has 0 radical (unpaired) electrons. The minimum Gasteiger partial charge on any atom is -0.354 e. The van der Waals surface area contributed by atoms with E-state index in [0.717, 1.165) is 6.54 Å². The van der Waals surface area contributed by atoms with E-state index in [4.69, 9.17) is 0 Å². The van der Waals surface area contributed by atoms with Crippen molar-refractivity contribution in [1.82, 2.24) is 15.5 Å². The summed E-state index contributed by atoms with van der Waals surface area (Å²) in [5, 5.41) is 5.42. The highest BCUT2D eigenvalue weighted by atomic mass is 16.2. The van der Waals surface area contributed by atoms with Gasteiger partial charge in [0.25, 0.3) is 0 Å². The van der Waals surface area contributed by atoms with Crippen molar-refractivity contribution in [2.45, 2.75) is 12.5 Å². The number of carbonyl (C=O) groups excluding carboxylic acids is 2. The number of urea groups is 1. The number of nitrogens with zero attached hydrogens (tertiary/aromatic N) is 1. The summed E-state index contributed by atoms with van der Waals surface area (Å²) in [6.07, 6.45) is 0.452. The van der Waals surface area contributed by atoms with E-state index in [1.807, 2.05) is 0 Å². The summed E-state index contributed by atoms with van der Waals surface area (Å²) < 4.78 is 0. The molecular formula is C7H11N3O2. The predicted molar refractivity (Wildman–Crippen MR) is 41.5 cm³/mol. The minimum absolute atomic E-state index is 0.0414. The molecule has 0 aromatic heterocycles. The maximum atomic E-state index is 11.1. The van der Waals surface area contributed by atoms with E-state index in [0.29, 0.717) is 19.5 Å². The summed E-state index contributed by atoms with van der Waals surface area (Å²) in [5.74, 6) is 0.0414. The Morgan fingerprint density at radius 3 is 2.67 bits per heavy atom. The van der Waals surface area contributed by atoms with E-state index in [1.54, 1.807) is 4.90 Å². The monoisotopic (exact) mass is 169 g/mol. The summed E-state index contributed by atoms with van der Waals surface area (Å²) in [6.45, 7) is 2.02. The second-order valence-electron chi connectivity index (χ2n) is 3.09. The molecule has 0 bridgehead atoms. The van der Waals surface area contributed by atoms with Crippen LogP contribution in [-0.2, 0) is 4.79 Å². The lowest BCUT2D eigenvalue weighted by Gasteiger charge is -2.19. The molecule has 1 unspecified atom stereocenters. The van der Waals surface area contributed by atoms with Gasteiger partial charge in [0.15, 0.2) is 0 Å². The summed E-state index contributed by atoms with van der Waals surface area (Å²) in [6, 6.07) is 0.0245. The van der Waals surface area contributed by atoms with Crippen LogP contribution in [0, 0.1) is 0 Å². The van der Waals surface area contributed by atoms with Gasteiger partial charge in [-0.05, 0) is 0 Å². The van der Waals surface area contributed by atoms with Crippen molar-refractivity contribution in [2.24, 2.45) is 0 Å². The van der Waals surface area contributed by atoms with Gasteiger partial charge in [0.1, 0.15) is 0 Å². The van der Waals surface area contributed by atoms with Gasteiger partial charge in [-0.25, -0.2) is 4.79 Å². The maximum absolute atomic E-state index is 11.1. The first-order valence-electron chi connectivity index (χ1n) is 4.08. The molecule has 2 aliphatic heterocycles. The van der Waals surface area contributed by atoms with Gasteiger partial charge in [0.2, 0.25) is 5.91 Å². The largest absolute Gasteiger partial charge is 0.354 e. The molecule has 2 N–H and O–H groups in total. The van der Waals surface area contributed by atoms with E-state index in [2.05, 4.69) is 10.6 Å². The molecule has 2 fully saturated rings. The minimum atomic E-state index is -0.0449. The van der Waals surface area contributed by atoms with Gasteiger partial charge in [-0.2, -0.15) is 0 Å². The van der Waals surface area contributed by atoms with Crippen molar-refractivity contribution in [1.29, 1.82) is 0 Å². The van der Waals surface area contributed by atoms with Crippen LogP contribution in [0.25, 0.3) is 0 Å². The van der Waals surface area contributed by atoms with Crippen molar-refractivity contribution in [3.63, 3.8) is 0 Å². The Morgan fingerprint density at radius 2 is 2.17 bits per heavy atom. The fourth-order valence-electron chi connectivity index (χ4n) is 1.65. The Bertz CT molecular complexity index is 229. The zero-order chi connectivity index (χ0) is 8.55. The van der Waals surface area contributed by atoms with Crippen LogP contribution in [0.15, 0.2) is 0 Å². The fourth-order valence-corrected chi connectivity index (χ4v) is 1.65. The molecule has 2 aliphatic rings. The number of hydrogen-bond donors (Lipinski definition) is 2. The average molecular weight is 169 g/mol. The molecular weight excluding hydrogens is 158 g/mol. The molecule has 2 rings (SSSR count). The van der Waals surface area contributed by atoms with Gasteiger partial charge in [-0.1, -0.05) is 0 Å². The van der Waals surface area contributed by atoms with Crippen molar-refractivity contribution in [2.75, 3.05) is 19.6 Å². The molecule has 5 heteroatoms. The molecule has 2 saturated heterocycles. The number of carbonyl (C=O) groups is 2. The summed E-state index contributed by atoms with van der Waals surface area (Å²) in [7, 11) is 0. The lowest BCUT2D eigenvalue weighted by Crippen LogP contribution is -2.39. The topological polar surface area (TPSA) is 61.4 Å². The lowest BCUT2D eigenvalue weighted by atomic mass is 10.2. The van der Waals surface area contributed by atoms with Crippen LogP contribution in [-0.4, -0.2) is 42.5 Å². The molecule has 1 atom stereocenters. The molecule has 66 valence electrons. The molecule has 0 spiro atoms. The van der Waals surface area contributed by atoms with E-state index < -0.39 is 0 Å². The van der Waals surface area contributed by atoms with Crippen LogP contribution in [0.1, 0.15) is 6.42 Å². The number of amides is 3. The van der Waals surface area contributed by atoms with Crippen molar-refractivity contribution in [3.05, 3.63) is 0 Å². The second kappa shape index (κ2) is 2.66. The third-order valence-electron chi connectivity index (χ3n) is 2.29. The maximum Gasteiger partial charge on any atom is 0.317 e. The zero-order valence-electron chi connectivity index (χ0n) is 6.67. The van der Waals surface area contributed by atoms with Crippen LogP contribution in [0.2, 0.25) is 0 Å². The smallest absolute Gasteiger partial charge is 0.317 e. The van der Waals surface area contributed by atoms with Crippen LogP contribution in [0.4, 0.5) is 4.79 Å². The van der Waals surface area contributed by atoms with E-state index >= 15 is 0 Å². The Hall–Kier alpha value is -1.26. The van der Waals surface area contributed by atoms with Crippen molar-refractivity contribution < 1.29 is 9.59 Å². The van der Waals surface area contributed by atoms with Gasteiger partial charge >= 0.3 is 6.03 Å². The Balaban J connectivity index is 2.00. The van der Waals surface area contributed by atoms with Gasteiger partial charge in [-0.15, -0.1) is 0 Å². The lowest BCUT2D eigenvalue weighted by molar-refractivity contribution is -0.119. The van der Waals surface area contributed by atoms with Crippen molar-refractivity contribution in [3.8, 4) is 0 Å². The molecule has 12 heavy (non-hydrogen) atoms. The first-order valence-corrected chi connectivity index (χ1v) is 4.08. The Labute approximate surface area is 70.1 Å². The highest BCUT2D eigenvalue weighted by Crippen LogP contribution is 2.11. The fraction of sp³-hybridized carbons (Fsp3) is 0.714. The molecule has 5 nitrogen and oxygen atoms in total. The van der Waals surface area contributed by atoms with Crippen LogP contribution < -0.4 is 10.6 Å². The number of rotatable bonds is 1. The van der Waals surface area contributed by atoms with Crippen LogP contribution >= 0.6 is 0 Å². The Kier molecular flexibility index (Phi) is 1.64. The summed E-state index contributed by atoms with van der Waals surface area (Å²) in [4.78, 5) is 23.7.